The van der Waals surface area contributed by atoms with E-state index in [1.165, 1.54) is 4.90 Å². The molecule has 2 saturated carbocycles. The largest absolute Gasteiger partial charge is 0.489 e. The third-order valence-corrected chi connectivity index (χ3v) is 14.2. The number of hydrogen-bond acceptors (Lipinski definition) is 10. The first kappa shape index (κ1) is 39.3. The highest BCUT2D eigenvalue weighted by Gasteiger charge is 2.68. The van der Waals surface area contributed by atoms with Gasteiger partial charge in [-0.3, -0.25) is 38.7 Å². The molecular formula is C43H52ClN7O6. The van der Waals surface area contributed by atoms with Crippen molar-refractivity contribution in [3.63, 3.8) is 0 Å². The standard InChI is InChI=1S/C43H52ClN7O6/c1-42(2)40(43(3,4)41(42)57-30-7-5-26(23-45)33(44)22-30)51-35(52)10-9-34(39(51)56)50-37(54)31-8-6-28(21-32(31)38(50)55)49-17-15-47(16-18-49)24-25-11-13-48(14-12-25)29-19-27(20-29)36(46)53/h5-8,21-22,25,27,29,34,40-41H,9-20,24H2,1-4H3,(H2,46,53). The number of nitrogens with zero attached hydrogens (tertiary/aromatic N) is 6. The van der Waals surface area contributed by atoms with Gasteiger partial charge in [0.15, 0.2) is 0 Å². The molecule has 2 aromatic rings. The van der Waals surface area contributed by atoms with E-state index < -0.39 is 46.7 Å². The average molecular weight is 798 g/mol. The maximum absolute atomic E-state index is 14.4. The molecule has 1 unspecified atom stereocenters. The summed E-state index contributed by atoms with van der Waals surface area (Å²) >= 11 is 6.27. The van der Waals surface area contributed by atoms with Gasteiger partial charge in [-0.2, -0.15) is 5.26 Å². The van der Waals surface area contributed by atoms with Crippen molar-refractivity contribution >= 4 is 46.8 Å². The van der Waals surface area contributed by atoms with Crippen LogP contribution in [0.25, 0.3) is 0 Å². The number of likely N-dealkylation sites (tertiary alicyclic amines) is 2. The maximum Gasteiger partial charge on any atom is 0.262 e. The summed E-state index contributed by atoms with van der Waals surface area (Å²) in [6.07, 6.45) is 3.79. The number of carbonyl (C=O) groups is 5. The van der Waals surface area contributed by atoms with Gasteiger partial charge in [-0.15, -0.1) is 0 Å². The number of piperazine rings is 1. The Balaban J connectivity index is 0.887. The molecular weight excluding hydrogens is 746 g/mol. The third-order valence-electron chi connectivity index (χ3n) is 13.9. The van der Waals surface area contributed by atoms with Crippen molar-refractivity contribution < 1.29 is 28.7 Å². The van der Waals surface area contributed by atoms with Crippen molar-refractivity contribution in [2.45, 2.75) is 90.4 Å². The van der Waals surface area contributed by atoms with Gasteiger partial charge in [-0.05, 0) is 81.4 Å². The van der Waals surface area contributed by atoms with E-state index in [1.54, 1.807) is 30.3 Å². The van der Waals surface area contributed by atoms with Crippen molar-refractivity contribution in [2.24, 2.45) is 28.4 Å². The molecule has 0 aromatic heterocycles. The normalized spacial score (nSPS) is 29.1. The van der Waals surface area contributed by atoms with E-state index in [1.807, 2.05) is 39.8 Å². The summed E-state index contributed by atoms with van der Waals surface area (Å²) in [5, 5.41) is 9.55. The number of carbonyl (C=O) groups excluding carboxylic acids is 5. The lowest BCUT2D eigenvalue weighted by Gasteiger charge is -2.65. The Kier molecular flexibility index (Phi) is 10.1. The Hall–Kier alpha value is -4.51. The zero-order valence-corrected chi connectivity index (χ0v) is 34.0. The Morgan fingerprint density at radius 1 is 0.877 bits per heavy atom. The first-order valence-corrected chi connectivity index (χ1v) is 20.7. The van der Waals surface area contributed by atoms with E-state index in [2.05, 4.69) is 14.7 Å². The Morgan fingerprint density at radius 2 is 1.54 bits per heavy atom. The van der Waals surface area contributed by atoms with Crippen molar-refractivity contribution in [2.75, 3.05) is 50.7 Å². The zero-order chi connectivity index (χ0) is 40.6. The minimum atomic E-state index is -1.10. The number of amides is 5. The number of piperidine rings is 2. The van der Waals surface area contributed by atoms with Crippen molar-refractivity contribution in [1.82, 2.24) is 19.6 Å². The molecule has 0 spiro atoms. The monoisotopic (exact) mass is 797 g/mol. The number of ether oxygens (including phenoxy) is 1. The molecule has 0 radical (unpaired) electrons. The van der Waals surface area contributed by atoms with Gasteiger partial charge in [0.2, 0.25) is 11.8 Å². The van der Waals surface area contributed by atoms with Crippen LogP contribution in [0.4, 0.5) is 5.69 Å². The van der Waals surface area contributed by atoms with Gasteiger partial charge in [0.25, 0.3) is 17.7 Å². The second-order valence-electron chi connectivity index (χ2n) is 18.2. The van der Waals surface area contributed by atoms with Crippen LogP contribution in [0.15, 0.2) is 36.4 Å². The fourth-order valence-electron chi connectivity index (χ4n) is 11.1. The van der Waals surface area contributed by atoms with Crippen LogP contribution in [-0.2, 0) is 14.4 Å². The van der Waals surface area contributed by atoms with Crippen molar-refractivity contribution in [3.05, 3.63) is 58.1 Å². The lowest BCUT2D eigenvalue weighted by atomic mass is 9.48. The van der Waals surface area contributed by atoms with E-state index in [-0.39, 0.29) is 46.7 Å². The van der Waals surface area contributed by atoms with E-state index in [9.17, 15) is 29.2 Å². The second kappa shape index (κ2) is 14.7. The number of imide groups is 2. The lowest BCUT2D eigenvalue weighted by molar-refractivity contribution is -0.216. The number of fused-ring (bicyclic) bond motifs is 1. The van der Waals surface area contributed by atoms with Gasteiger partial charge in [-0.25, -0.2) is 0 Å². The Morgan fingerprint density at radius 3 is 2.18 bits per heavy atom. The predicted molar refractivity (Wildman–Crippen MR) is 212 cm³/mol. The van der Waals surface area contributed by atoms with Crippen LogP contribution in [0.1, 0.15) is 92.5 Å². The Bertz CT molecular complexity index is 2030. The predicted octanol–water partition coefficient (Wildman–Crippen LogP) is 4.31. The number of anilines is 1. The minimum Gasteiger partial charge on any atom is -0.489 e. The van der Waals surface area contributed by atoms with Crippen LogP contribution in [-0.4, -0.2) is 119 Å². The summed E-state index contributed by atoms with van der Waals surface area (Å²) in [6.45, 7) is 14.4. The summed E-state index contributed by atoms with van der Waals surface area (Å²) < 4.78 is 6.40. The number of hydrogen-bond donors (Lipinski definition) is 1. The molecule has 302 valence electrons. The van der Waals surface area contributed by atoms with E-state index in [0.717, 1.165) is 82.1 Å². The van der Waals surface area contributed by atoms with Crippen molar-refractivity contribution in [1.29, 1.82) is 5.26 Å². The molecule has 4 aliphatic heterocycles. The summed E-state index contributed by atoms with van der Waals surface area (Å²) in [5.74, 6) is -0.903. The second-order valence-corrected chi connectivity index (χ2v) is 18.6. The maximum atomic E-state index is 14.4. The minimum absolute atomic E-state index is 0.0236. The molecule has 5 fully saturated rings. The summed E-state index contributed by atoms with van der Waals surface area (Å²) in [7, 11) is 0. The van der Waals surface area contributed by atoms with E-state index >= 15 is 0 Å². The molecule has 0 bridgehead atoms. The average Bonchev–Trinajstić information content (AvgIpc) is 3.40. The van der Waals surface area contributed by atoms with E-state index in [0.29, 0.717) is 23.3 Å². The lowest BCUT2D eigenvalue weighted by Crippen LogP contribution is -2.77. The number of benzene rings is 2. The SMILES string of the molecule is CC1(C)C(Oc2ccc(C#N)c(Cl)c2)C(C)(C)C1N1C(=O)CCC(N2C(=O)c3ccc(N4CCN(CC5CCN(C6CC(C(N)=O)C6)CC5)CC4)cc3C2=O)C1=O. The molecule has 8 rings (SSSR count). The van der Waals surface area contributed by atoms with Gasteiger partial charge in [0, 0.05) is 73.7 Å². The highest BCUT2D eigenvalue weighted by atomic mass is 35.5. The molecule has 3 saturated heterocycles. The zero-order valence-electron chi connectivity index (χ0n) is 33.2. The van der Waals surface area contributed by atoms with Gasteiger partial charge in [-0.1, -0.05) is 39.3 Å². The fourth-order valence-corrected chi connectivity index (χ4v) is 11.3. The fraction of sp³-hybridized carbons (Fsp3) is 0.581. The number of rotatable bonds is 9. The number of nitrogens with two attached hydrogens (primary N) is 1. The Labute approximate surface area is 339 Å². The molecule has 5 amide bonds. The number of halogens is 1. The third kappa shape index (κ3) is 6.77. The molecule has 2 aromatic carbocycles. The molecule has 14 heteroatoms. The highest BCUT2D eigenvalue weighted by Crippen LogP contribution is 2.58. The summed E-state index contributed by atoms with van der Waals surface area (Å²) in [4.78, 5) is 77.0. The van der Waals surface area contributed by atoms with Crippen LogP contribution in [0.5, 0.6) is 5.75 Å². The number of nitriles is 1. The summed E-state index contributed by atoms with van der Waals surface area (Å²) in [6, 6.07) is 11.1. The number of primary amides is 1. The van der Waals surface area contributed by atoms with E-state index in [4.69, 9.17) is 22.1 Å². The smallest absolute Gasteiger partial charge is 0.262 e. The van der Waals surface area contributed by atoms with Crippen LogP contribution in [0.2, 0.25) is 5.02 Å². The molecule has 4 heterocycles. The molecule has 2 aliphatic carbocycles. The van der Waals surface area contributed by atoms with Crippen molar-refractivity contribution in [3.8, 4) is 11.8 Å². The molecule has 6 aliphatic rings. The van der Waals surface area contributed by atoms with Crippen LogP contribution < -0.4 is 15.4 Å². The topological polar surface area (TPSA) is 161 Å². The highest BCUT2D eigenvalue weighted by molar-refractivity contribution is 6.31. The molecule has 57 heavy (non-hydrogen) atoms. The first-order valence-electron chi connectivity index (χ1n) is 20.3. The van der Waals surface area contributed by atoms with Gasteiger partial charge in [0.05, 0.1) is 27.8 Å². The summed E-state index contributed by atoms with van der Waals surface area (Å²) in [5.41, 5.74) is 5.86. The molecule has 2 N–H and O–H groups in total. The van der Waals surface area contributed by atoms with Crippen LogP contribution in [0, 0.1) is 34.0 Å². The molecule has 13 nitrogen and oxygen atoms in total. The first-order chi connectivity index (χ1) is 27.1. The van der Waals surface area contributed by atoms with Gasteiger partial charge >= 0.3 is 0 Å². The quantitative estimate of drug-likeness (QED) is 0.363. The van der Waals surface area contributed by atoms with Gasteiger partial charge < -0.3 is 20.3 Å². The van der Waals surface area contributed by atoms with Crippen LogP contribution >= 0.6 is 11.6 Å². The van der Waals surface area contributed by atoms with Crippen LogP contribution in [0.3, 0.4) is 0 Å². The van der Waals surface area contributed by atoms with Gasteiger partial charge in [0.1, 0.15) is 24.0 Å². The molecule has 1 atom stereocenters.